The van der Waals surface area contributed by atoms with E-state index in [2.05, 4.69) is 47.7 Å². The molecule has 2 fully saturated rings. The molecule has 2 aliphatic heterocycles. The molecule has 42 heavy (non-hydrogen) atoms. The first kappa shape index (κ1) is 27.5. The highest BCUT2D eigenvalue weighted by Gasteiger charge is 2.23. The van der Waals surface area contributed by atoms with Crippen molar-refractivity contribution in [1.29, 1.82) is 5.26 Å². The summed E-state index contributed by atoms with van der Waals surface area (Å²) in [6, 6.07) is 8.58. The fourth-order valence-electron chi connectivity index (χ4n) is 5.17. The van der Waals surface area contributed by atoms with E-state index in [4.69, 9.17) is 4.74 Å². The number of halogens is 1. The number of hydrogen-bond acceptors (Lipinski definition) is 10. The standard InChI is InChI=1S/C29H31FN10O2/c1-2-21-16-33-28(34-17-21)38-7-5-37(6-8-38)27-23(15-31)13-24(18-32-27)22-3-4-26(25(30)14-22)39-19-35-40(29(39)41)20-36-9-11-42-12-10-36/h3-4,13-14,16-19H,2,5-12,20H2,1H3. The summed E-state index contributed by atoms with van der Waals surface area (Å²) >= 11 is 0. The van der Waals surface area contributed by atoms with Gasteiger partial charge in [0, 0.05) is 63.4 Å². The first-order valence-corrected chi connectivity index (χ1v) is 14.0. The van der Waals surface area contributed by atoms with Crippen LogP contribution in [0.15, 0.2) is 54.0 Å². The summed E-state index contributed by atoms with van der Waals surface area (Å²) in [4.78, 5) is 32.7. The second-order valence-electron chi connectivity index (χ2n) is 10.2. The Morgan fingerprint density at radius 1 is 0.952 bits per heavy atom. The van der Waals surface area contributed by atoms with Crippen LogP contribution in [0.1, 0.15) is 18.1 Å². The summed E-state index contributed by atoms with van der Waals surface area (Å²) in [5.74, 6) is 0.723. The van der Waals surface area contributed by atoms with Crippen LogP contribution >= 0.6 is 0 Å². The van der Waals surface area contributed by atoms with Crippen molar-refractivity contribution in [1.82, 2.24) is 34.2 Å². The van der Waals surface area contributed by atoms with Crippen molar-refractivity contribution in [3.8, 4) is 22.9 Å². The van der Waals surface area contributed by atoms with Crippen molar-refractivity contribution in [3.05, 3.63) is 76.6 Å². The van der Waals surface area contributed by atoms with Crippen LogP contribution in [0.5, 0.6) is 0 Å². The second-order valence-corrected chi connectivity index (χ2v) is 10.2. The lowest BCUT2D eigenvalue weighted by Gasteiger charge is -2.35. The third kappa shape index (κ3) is 5.59. The quantitative estimate of drug-likeness (QED) is 0.327. The van der Waals surface area contributed by atoms with E-state index in [-0.39, 0.29) is 5.69 Å². The Bertz CT molecular complexity index is 1650. The number of morpholine rings is 1. The van der Waals surface area contributed by atoms with E-state index in [9.17, 15) is 10.1 Å². The van der Waals surface area contributed by atoms with Gasteiger partial charge in [-0.25, -0.2) is 28.7 Å². The van der Waals surface area contributed by atoms with Gasteiger partial charge in [-0.3, -0.25) is 4.90 Å². The maximum Gasteiger partial charge on any atom is 0.351 e. The third-order valence-corrected chi connectivity index (χ3v) is 7.66. The summed E-state index contributed by atoms with van der Waals surface area (Å²) in [6.07, 6.45) is 7.59. The minimum absolute atomic E-state index is 0.105. The lowest BCUT2D eigenvalue weighted by molar-refractivity contribution is 0.0206. The fourth-order valence-corrected chi connectivity index (χ4v) is 5.17. The van der Waals surface area contributed by atoms with Gasteiger partial charge in [-0.15, -0.1) is 0 Å². The highest BCUT2D eigenvalue weighted by Crippen LogP contribution is 2.28. The molecule has 0 radical (unpaired) electrons. The van der Waals surface area contributed by atoms with Gasteiger partial charge in [-0.2, -0.15) is 15.0 Å². The van der Waals surface area contributed by atoms with Crippen LogP contribution in [-0.4, -0.2) is 86.7 Å². The summed E-state index contributed by atoms with van der Waals surface area (Å²) < 4.78 is 23.2. The van der Waals surface area contributed by atoms with Crippen molar-refractivity contribution in [3.63, 3.8) is 0 Å². The first-order valence-electron chi connectivity index (χ1n) is 14.0. The number of nitrogens with zero attached hydrogens (tertiary/aromatic N) is 10. The van der Waals surface area contributed by atoms with E-state index in [1.165, 1.54) is 21.6 Å². The Kier molecular flexibility index (Phi) is 7.89. The van der Waals surface area contributed by atoms with Crippen LogP contribution in [0.2, 0.25) is 0 Å². The maximum absolute atomic E-state index is 15.3. The van der Waals surface area contributed by atoms with Gasteiger partial charge in [0.15, 0.2) is 0 Å². The van der Waals surface area contributed by atoms with Crippen LogP contribution in [0.4, 0.5) is 16.2 Å². The molecule has 0 aliphatic carbocycles. The number of hydrogen-bond donors (Lipinski definition) is 0. The van der Waals surface area contributed by atoms with Crippen LogP contribution in [0, 0.1) is 17.1 Å². The van der Waals surface area contributed by atoms with Gasteiger partial charge in [-0.1, -0.05) is 13.0 Å². The Hall–Kier alpha value is -4.67. The Balaban J connectivity index is 1.16. The highest BCUT2D eigenvalue weighted by atomic mass is 19.1. The summed E-state index contributed by atoms with van der Waals surface area (Å²) in [7, 11) is 0. The minimum atomic E-state index is -0.576. The predicted octanol–water partition coefficient (Wildman–Crippen LogP) is 2.08. The molecule has 0 saturated carbocycles. The van der Waals surface area contributed by atoms with Crippen molar-refractivity contribution < 1.29 is 9.13 Å². The van der Waals surface area contributed by atoms with Crippen molar-refractivity contribution >= 4 is 11.8 Å². The van der Waals surface area contributed by atoms with Gasteiger partial charge in [0.25, 0.3) is 0 Å². The lowest BCUT2D eigenvalue weighted by Crippen LogP contribution is -2.47. The zero-order valence-corrected chi connectivity index (χ0v) is 23.4. The molecule has 2 aliphatic rings. The number of benzene rings is 1. The number of ether oxygens (including phenoxy) is 1. The third-order valence-electron chi connectivity index (χ3n) is 7.66. The van der Waals surface area contributed by atoms with E-state index >= 15 is 4.39 Å². The lowest BCUT2D eigenvalue weighted by atomic mass is 10.0. The van der Waals surface area contributed by atoms with Crippen LogP contribution in [-0.2, 0) is 17.8 Å². The van der Waals surface area contributed by atoms with E-state index in [1.54, 1.807) is 24.4 Å². The first-order chi connectivity index (χ1) is 20.5. The van der Waals surface area contributed by atoms with E-state index in [0.29, 0.717) is 87.6 Å². The smallest absolute Gasteiger partial charge is 0.351 e. The molecule has 0 spiro atoms. The summed E-state index contributed by atoms with van der Waals surface area (Å²) in [5.41, 5.74) is 2.36. The van der Waals surface area contributed by atoms with Crippen molar-refractivity contribution in [2.45, 2.75) is 20.0 Å². The highest BCUT2D eigenvalue weighted by molar-refractivity contribution is 5.69. The molecule has 6 rings (SSSR count). The number of rotatable bonds is 7. The number of aromatic nitrogens is 6. The topological polar surface area (TPSA) is 121 Å². The minimum Gasteiger partial charge on any atom is -0.379 e. The Morgan fingerprint density at radius 3 is 2.38 bits per heavy atom. The molecule has 4 aromatic rings. The van der Waals surface area contributed by atoms with E-state index in [1.807, 2.05) is 12.4 Å². The molecule has 0 atom stereocenters. The summed E-state index contributed by atoms with van der Waals surface area (Å²) in [6.45, 7) is 7.75. The molecule has 0 N–H and O–H groups in total. The van der Waals surface area contributed by atoms with E-state index < -0.39 is 11.5 Å². The molecule has 2 saturated heterocycles. The van der Waals surface area contributed by atoms with Gasteiger partial charge in [0.2, 0.25) is 5.95 Å². The normalized spacial score (nSPS) is 16.0. The van der Waals surface area contributed by atoms with E-state index in [0.717, 1.165) is 12.0 Å². The number of aryl methyl sites for hydroxylation is 1. The molecule has 1 aromatic carbocycles. The molecule has 13 heteroatoms. The number of piperazine rings is 1. The molecule has 0 bridgehead atoms. The zero-order valence-electron chi connectivity index (χ0n) is 23.4. The SMILES string of the molecule is CCc1cnc(N2CCN(c3ncc(-c4ccc(-n5cnn(CN6CCOCC6)c5=O)c(F)c4)cc3C#N)CC2)nc1. The average Bonchev–Trinajstić information content (AvgIpc) is 3.40. The maximum atomic E-state index is 15.3. The van der Waals surface area contributed by atoms with Gasteiger partial charge >= 0.3 is 5.69 Å². The van der Waals surface area contributed by atoms with Crippen molar-refractivity contribution in [2.24, 2.45) is 0 Å². The Labute approximate surface area is 242 Å². The monoisotopic (exact) mass is 570 g/mol. The van der Waals surface area contributed by atoms with Crippen LogP contribution in [0.25, 0.3) is 16.8 Å². The number of anilines is 2. The van der Waals surface area contributed by atoms with Gasteiger partial charge in [0.05, 0.1) is 31.1 Å². The molecule has 216 valence electrons. The van der Waals surface area contributed by atoms with Gasteiger partial charge in [0.1, 0.15) is 24.0 Å². The molecular formula is C29H31FN10O2. The van der Waals surface area contributed by atoms with Crippen LogP contribution in [0.3, 0.4) is 0 Å². The molecule has 0 unspecified atom stereocenters. The fraction of sp³-hybridized carbons (Fsp3) is 0.379. The number of nitriles is 1. The molecule has 5 heterocycles. The van der Waals surface area contributed by atoms with Crippen LogP contribution < -0.4 is 15.5 Å². The molecular weight excluding hydrogens is 539 g/mol. The van der Waals surface area contributed by atoms with Crippen molar-refractivity contribution in [2.75, 3.05) is 62.3 Å². The van der Waals surface area contributed by atoms with Gasteiger partial charge in [-0.05, 0) is 35.7 Å². The summed E-state index contributed by atoms with van der Waals surface area (Å²) in [5, 5.41) is 14.1. The van der Waals surface area contributed by atoms with Gasteiger partial charge < -0.3 is 14.5 Å². The Morgan fingerprint density at radius 2 is 1.69 bits per heavy atom. The molecule has 12 nitrogen and oxygen atoms in total. The molecule has 0 amide bonds. The number of pyridine rings is 1. The zero-order chi connectivity index (χ0) is 29.1. The second kappa shape index (κ2) is 12.1. The largest absolute Gasteiger partial charge is 0.379 e. The molecule has 3 aromatic heterocycles. The predicted molar refractivity (Wildman–Crippen MR) is 154 cm³/mol. The average molecular weight is 571 g/mol.